The van der Waals surface area contributed by atoms with Crippen molar-refractivity contribution < 1.29 is 9.63 Å². The predicted molar refractivity (Wildman–Crippen MR) is 39.0 cm³/mol. The molecule has 0 fully saturated rings. The molecule has 1 amide bonds. The Bertz CT molecular complexity index is 233. The third-order valence-electron chi connectivity index (χ3n) is 1.03. The van der Waals surface area contributed by atoms with Crippen molar-refractivity contribution in [3.8, 4) is 0 Å². The highest BCUT2D eigenvalue weighted by atomic mass is 16.7. The molecule has 5 heteroatoms. The van der Waals surface area contributed by atoms with E-state index in [2.05, 4.69) is 10.4 Å². The van der Waals surface area contributed by atoms with Crippen LogP contribution in [0.3, 0.4) is 0 Å². The van der Waals surface area contributed by atoms with Gasteiger partial charge < -0.3 is 10.2 Å². The molecule has 0 atom stereocenters. The maximum atomic E-state index is 9.94. The van der Waals surface area contributed by atoms with Crippen LogP contribution >= 0.6 is 0 Å². The molecule has 5 nitrogen and oxygen atoms in total. The van der Waals surface area contributed by atoms with E-state index in [9.17, 15) is 4.79 Å². The number of nitrogens with zero attached hydrogens (tertiary/aromatic N) is 2. The number of hydrogen-bond acceptors (Lipinski definition) is 3. The Balaban J connectivity index is 2.57. The van der Waals surface area contributed by atoms with Crippen LogP contribution in [0.25, 0.3) is 0 Å². The van der Waals surface area contributed by atoms with Gasteiger partial charge >= 0.3 is 0 Å². The highest BCUT2D eigenvalue weighted by molar-refractivity contribution is 5.68. The molecule has 0 saturated carbocycles. The predicted octanol–water partition coefficient (Wildman–Crippen LogP) is -0.100. The molecule has 0 aliphatic carbocycles. The third-order valence-corrected chi connectivity index (χ3v) is 1.03. The minimum absolute atomic E-state index is 0.480. The van der Waals surface area contributed by atoms with Crippen molar-refractivity contribution in [2.75, 3.05) is 11.9 Å². The first-order chi connectivity index (χ1) is 5.36. The molecule has 1 rings (SSSR count). The molecular weight excluding hydrogens is 146 g/mol. The molecule has 0 aliphatic rings. The van der Waals surface area contributed by atoms with Crippen LogP contribution < -0.4 is 10.2 Å². The average molecular weight is 155 g/mol. The third kappa shape index (κ3) is 1.96. The molecule has 0 saturated heterocycles. The first-order valence-corrected chi connectivity index (χ1v) is 3.26. The number of aromatic nitrogens is 2. The topological polar surface area (TPSA) is 56.1 Å². The highest BCUT2D eigenvalue weighted by Gasteiger charge is 1.94. The summed E-state index contributed by atoms with van der Waals surface area (Å²) < 4.78 is 0. The van der Waals surface area contributed by atoms with E-state index in [1.165, 1.54) is 4.85 Å². The van der Waals surface area contributed by atoms with E-state index in [4.69, 9.17) is 4.84 Å². The van der Waals surface area contributed by atoms with Gasteiger partial charge in [0.15, 0.2) is 5.82 Å². The van der Waals surface area contributed by atoms with Crippen molar-refractivity contribution in [1.82, 2.24) is 9.94 Å². The van der Waals surface area contributed by atoms with Crippen LogP contribution in [0.5, 0.6) is 0 Å². The van der Waals surface area contributed by atoms with Crippen LogP contribution in [-0.2, 0) is 4.79 Å². The van der Waals surface area contributed by atoms with Gasteiger partial charge in [-0.05, 0) is 6.92 Å². The molecule has 11 heavy (non-hydrogen) atoms. The Morgan fingerprint density at radius 2 is 2.73 bits per heavy atom. The highest BCUT2D eigenvalue weighted by Crippen LogP contribution is 1.97. The minimum Gasteiger partial charge on any atom is -0.397 e. The SMILES string of the molecule is CCOn1ccc(NC=O)n1. The van der Waals surface area contributed by atoms with E-state index in [-0.39, 0.29) is 0 Å². The fourth-order valence-electron chi connectivity index (χ4n) is 0.649. The Kier molecular flexibility index (Phi) is 2.48. The summed E-state index contributed by atoms with van der Waals surface area (Å²) in [6.45, 7) is 2.40. The fraction of sp³-hybridized carbons (Fsp3) is 0.333. The molecule has 1 aromatic heterocycles. The van der Waals surface area contributed by atoms with Gasteiger partial charge in [0.1, 0.15) is 6.61 Å². The quantitative estimate of drug-likeness (QED) is 0.618. The lowest BCUT2D eigenvalue weighted by atomic mass is 10.6. The lowest BCUT2D eigenvalue weighted by Crippen LogP contribution is -2.11. The van der Waals surface area contributed by atoms with Crippen LogP contribution in [0.15, 0.2) is 12.3 Å². The van der Waals surface area contributed by atoms with Crippen LogP contribution in [0, 0.1) is 0 Å². The molecule has 0 radical (unpaired) electrons. The van der Waals surface area contributed by atoms with Crippen molar-refractivity contribution in [2.45, 2.75) is 6.92 Å². The van der Waals surface area contributed by atoms with E-state index < -0.39 is 0 Å². The Labute approximate surface area is 63.9 Å². The fourth-order valence-corrected chi connectivity index (χ4v) is 0.649. The van der Waals surface area contributed by atoms with E-state index >= 15 is 0 Å². The number of anilines is 1. The molecule has 0 bridgehead atoms. The van der Waals surface area contributed by atoms with E-state index in [0.29, 0.717) is 18.8 Å². The summed E-state index contributed by atoms with van der Waals surface area (Å²) in [5.41, 5.74) is 0. The van der Waals surface area contributed by atoms with Crippen LogP contribution in [-0.4, -0.2) is 23.0 Å². The van der Waals surface area contributed by atoms with E-state index in [0.717, 1.165) is 0 Å². The van der Waals surface area contributed by atoms with Crippen molar-refractivity contribution in [3.05, 3.63) is 12.3 Å². The maximum absolute atomic E-state index is 9.94. The van der Waals surface area contributed by atoms with Crippen molar-refractivity contribution in [3.63, 3.8) is 0 Å². The molecule has 1 N–H and O–H groups in total. The van der Waals surface area contributed by atoms with E-state index in [1.54, 1.807) is 12.3 Å². The normalized spacial score (nSPS) is 9.18. The average Bonchev–Trinajstić information content (AvgIpc) is 2.38. The maximum Gasteiger partial charge on any atom is 0.212 e. The largest absolute Gasteiger partial charge is 0.397 e. The second kappa shape index (κ2) is 3.60. The van der Waals surface area contributed by atoms with Crippen molar-refractivity contribution >= 4 is 12.2 Å². The summed E-state index contributed by atoms with van der Waals surface area (Å²) in [6, 6.07) is 1.64. The lowest BCUT2D eigenvalue weighted by molar-refractivity contribution is -0.105. The first-order valence-electron chi connectivity index (χ1n) is 3.26. The first kappa shape index (κ1) is 7.59. The van der Waals surface area contributed by atoms with Gasteiger partial charge in [-0.3, -0.25) is 4.79 Å². The second-order valence-corrected chi connectivity index (χ2v) is 1.78. The number of rotatable bonds is 4. The van der Waals surface area contributed by atoms with Gasteiger partial charge in [0, 0.05) is 6.07 Å². The van der Waals surface area contributed by atoms with Gasteiger partial charge in [0.05, 0.1) is 6.20 Å². The second-order valence-electron chi connectivity index (χ2n) is 1.78. The Morgan fingerprint density at radius 1 is 1.91 bits per heavy atom. The summed E-state index contributed by atoms with van der Waals surface area (Å²) in [4.78, 5) is 16.2. The summed E-state index contributed by atoms with van der Waals surface area (Å²) in [5.74, 6) is 0.480. The molecule has 1 heterocycles. The number of carbonyl (C=O) groups is 1. The van der Waals surface area contributed by atoms with E-state index in [1.807, 2.05) is 6.92 Å². The Hall–Kier alpha value is -1.52. The van der Waals surface area contributed by atoms with Gasteiger partial charge in [-0.25, -0.2) is 0 Å². The van der Waals surface area contributed by atoms with Crippen LogP contribution in [0.2, 0.25) is 0 Å². The van der Waals surface area contributed by atoms with Gasteiger partial charge in [-0.15, -0.1) is 9.94 Å². The molecule has 0 spiro atoms. The number of amides is 1. The van der Waals surface area contributed by atoms with Gasteiger partial charge in [-0.2, -0.15) is 0 Å². The van der Waals surface area contributed by atoms with Gasteiger partial charge in [-0.1, -0.05) is 0 Å². The van der Waals surface area contributed by atoms with Crippen molar-refractivity contribution in [1.29, 1.82) is 0 Å². The van der Waals surface area contributed by atoms with Crippen LogP contribution in [0.4, 0.5) is 5.82 Å². The number of carbonyl (C=O) groups excluding carboxylic acids is 1. The van der Waals surface area contributed by atoms with Gasteiger partial charge in [0.2, 0.25) is 6.41 Å². The van der Waals surface area contributed by atoms with Crippen LogP contribution in [0.1, 0.15) is 6.92 Å². The number of nitrogens with one attached hydrogen (secondary N) is 1. The summed E-state index contributed by atoms with van der Waals surface area (Å²) in [5, 5.41) is 6.24. The summed E-state index contributed by atoms with van der Waals surface area (Å²) >= 11 is 0. The molecule has 0 aliphatic heterocycles. The zero-order chi connectivity index (χ0) is 8.10. The molecule has 60 valence electrons. The van der Waals surface area contributed by atoms with Gasteiger partial charge in [0.25, 0.3) is 0 Å². The molecule has 0 aromatic carbocycles. The minimum atomic E-state index is 0.480. The standard InChI is InChI=1S/C6H9N3O2/c1-2-11-9-4-3-6(8-9)7-5-10/h3-5H,2H2,1H3,(H,7,8,10). The zero-order valence-corrected chi connectivity index (χ0v) is 6.15. The smallest absolute Gasteiger partial charge is 0.212 e. The number of hydrogen-bond donors (Lipinski definition) is 1. The summed E-state index contributed by atoms with van der Waals surface area (Å²) in [7, 11) is 0. The van der Waals surface area contributed by atoms with Crippen molar-refractivity contribution in [2.24, 2.45) is 0 Å². The molecule has 0 unspecified atom stereocenters. The molecule has 1 aromatic rings. The summed E-state index contributed by atoms with van der Waals surface area (Å²) in [6.07, 6.45) is 2.19. The Morgan fingerprint density at radius 3 is 3.36 bits per heavy atom. The molecular formula is C6H9N3O2. The lowest BCUT2D eigenvalue weighted by Gasteiger charge is -1.98. The zero-order valence-electron chi connectivity index (χ0n) is 6.15. The monoisotopic (exact) mass is 155 g/mol.